The molecule has 0 saturated carbocycles. The van der Waals surface area contributed by atoms with Crippen molar-refractivity contribution in [3.05, 3.63) is 110 Å². The predicted octanol–water partition coefficient (Wildman–Crippen LogP) is 6.23. The van der Waals surface area contributed by atoms with E-state index in [4.69, 9.17) is 11.6 Å². The summed E-state index contributed by atoms with van der Waals surface area (Å²) in [6.07, 6.45) is 3.62. The summed E-state index contributed by atoms with van der Waals surface area (Å²) in [4.78, 5) is 23.5. The van der Waals surface area contributed by atoms with Gasteiger partial charge >= 0.3 is 0 Å². The molecule has 0 bridgehead atoms. The van der Waals surface area contributed by atoms with Crippen LogP contribution in [0.3, 0.4) is 0 Å². The minimum Gasteiger partial charge on any atom is -0.342 e. The van der Waals surface area contributed by atoms with Crippen LogP contribution in [-0.2, 0) is 6.54 Å². The first-order valence-electron chi connectivity index (χ1n) is 10.3. The summed E-state index contributed by atoms with van der Waals surface area (Å²) in [6, 6.07) is 21.9. The van der Waals surface area contributed by atoms with E-state index in [9.17, 15) is 14.9 Å². The van der Waals surface area contributed by atoms with E-state index in [1.54, 1.807) is 18.3 Å². The fourth-order valence-electron chi connectivity index (χ4n) is 3.77. The first kappa shape index (κ1) is 21.8. The smallest absolute Gasteiger partial charge is 0.281 e. The Kier molecular flexibility index (Phi) is 5.83. The minimum atomic E-state index is -0.454. The maximum atomic E-state index is 12.6. The molecule has 2 heterocycles. The van der Waals surface area contributed by atoms with E-state index in [-0.39, 0.29) is 11.6 Å². The second-order valence-corrected chi connectivity index (χ2v) is 9.17. The van der Waals surface area contributed by atoms with E-state index in [0.717, 1.165) is 26.7 Å². The van der Waals surface area contributed by atoms with Gasteiger partial charge in [0.25, 0.3) is 11.6 Å². The lowest BCUT2D eigenvalue weighted by molar-refractivity contribution is -0.384. The number of fused-ring (bicyclic) bond motifs is 2. The topological polar surface area (TPSA) is 89.5 Å². The van der Waals surface area contributed by atoms with Gasteiger partial charge in [0, 0.05) is 56.4 Å². The Hall–Kier alpha value is -4.01. The van der Waals surface area contributed by atoms with Crippen molar-refractivity contribution in [2.24, 2.45) is 5.10 Å². The zero-order valence-corrected chi connectivity index (χ0v) is 19.2. The number of para-hydroxylation sites is 1. The number of hydrogen-bond donors (Lipinski definition) is 1. The lowest BCUT2D eigenvalue weighted by Gasteiger charge is -2.05. The first-order valence-corrected chi connectivity index (χ1v) is 11.5. The number of hydrazone groups is 1. The Morgan fingerprint density at radius 1 is 1.12 bits per heavy atom. The highest BCUT2D eigenvalue weighted by Crippen LogP contribution is 2.29. The van der Waals surface area contributed by atoms with Gasteiger partial charge in [0.1, 0.15) is 0 Å². The van der Waals surface area contributed by atoms with E-state index in [2.05, 4.69) is 15.1 Å². The summed E-state index contributed by atoms with van der Waals surface area (Å²) >= 11 is 7.26. The number of aromatic nitrogens is 1. The molecule has 0 aliphatic carbocycles. The highest BCUT2D eigenvalue weighted by molar-refractivity contribution is 7.20. The zero-order valence-electron chi connectivity index (χ0n) is 17.6. The Morgan fingerprint density at radius 3 is 2.71 bits per heavy atom. The number of amides is 1. The maximum absolute atomic E-state index is 12.6. The fraction of sp³-hybridized carbons (Fsp3) is 0.0400. The molecule has 9 heteroatoms. The molecular formula is C25H17ClN4O3S. The SMILES string of the molecule is O=C(N/N=C\c1cn(Cc2ccc(Cl)cc2)c2ccccc12)c1cc2cc([N+](=O)[O-])ccc2s1. The van der Waals surface area contributed by atoms with E-state index in [1.165, 1.54) is 23.5 Å². The number of carbonyl (C=O) groups is 1. The van der Waals surface area contributed by atoms with Crippen LogP contribution in [0.15, 0.2) is 84.1 Å². The predicted molar refractivity (Wildman–Crippen MR) is 136 cm³/mol. The molecule has 5 rings (SSSR count). The highest BCUT2D eigenvalue weighted by Gasteiger charge is 2.13. The number of hydrogen-bond acceptors (Lipinski definition) is 5. The summed E-state index contributed by atoms with van der Waals surface area (Å²) in [5, 5.41) is 17.5. The average Bonchev–Trinajstić information content (AvgIpc) is 3.42. The van der Waals surface area contributed by atoms with Crippen LogP contribution in [0.5, 0.6) is 0 Å². The first-order chi connectivity index (χ1) is 16.5. The molecule has 1 N–H and O–H groups in total. The Morgan fingerprint density at radius 2 is 1.91 bits per heavy atom. The minimum absolute atomic E-state index is 0.00901. The molecule has 0 unspecified atom stereocenters. The molecule has 7 nitrogen and oxygen atoms in total. The summed E-state index contributed by atoms with van der Waals surface area (Å²) in [5.74, 6) is -0.370. The molecule has 0 radical (unpaired) electrons. The van der Waals surface area contributed by atoms with Gasteiger partial charge in [-0.3, -0.25) is 14.9 Å². The number of benzene rings is 3. The monoisotopic (exact) mass is 488 g/mol. The second-order valence-electron chi connectivity index (χ2n) is 7.64. The van der Waals surface area contributed by atoms with Gasteiger partial charge in [-0.1, -0.05) is 41.9 Å². The maximum Gasteiger partial charge on any atom is 0.281 e. The number of non-ortho nitro benzene ring substituents is 1. The van der Waals surface area contributed by atoms with Crippen molar-refractivity contribution in [2.75, 3.05) is 0 Å². The molecular weight excluding hydrogens is 472 g/mol. The standard InChI is InChI=1S/C25H17ClN4O3S/c26-19-7-5-16(6-8-19)14-29-15-18(21-3-1-2-4-22(21)29)13-27-28-25(31)24-12-17-11-20(30(32)33)9-10-23(17)34-24/h1-13,15H,14H2,(H,28,31)/b27-13-. The van der Waals surface area contributed by atoms with Crippen molar-refractivity contribution in [1.82, 2.24) is 9.99 Å². The largest absolute Gasteiger partial charge is 0.342 e. The highest BCUT2D eigenvalue weighted by atomic mass is 35.5. The molecule has 1 amide bonds. The molecule has 0 saturated heterocycles. The van der Waals surface area contributed by atoms with Gasteiger partial charge in [-0.15, -0.1) is 11.3 Å². The third kappa shape index (κ3) is 4.41. The van der Waals surface area contributed by atoms with Gasteiger partial charge in [0.05, 0.1) is 16.0 Å². The number of nitro benzene ring substituents is 1. The van der Waals surface area contributed by atoms with Gasteiger partial charge in [0.2, 0.25) is 0 Å². The van der Waals surface area contributed by atoms with Crippen molar-refractivity contribution in [3.63, 3.8) is 0 Å². The molecule has 34 heavy (non-hydrogen) atoms. The number of nitro groups is 1. The quantitative estimate of drug-likeness (QED) is 0.174. The van der Waals surface area contributed by atoms with Crippen molar-refractivity contribution in [1.29, 1.82) is 0 Å². The molecule has 2 aromatic heterocycles. The van der Waals surface area contributed by atoms with Crippen LogP contribution in [-0.4, -0.2) is 21.6 Å². The summed E-state index contributed by atoms with van der Waals surface area (Å²) in [6.45, 7) is 0.672. The number of rotatable bonds is 6. The normalized spacial score (nSPS) is 11.4. The lowest BCUT2D eigenvalue weighted by atomic mass is 10.2. The van der Waals surface area contributed by atoms with Crippen LogP contribution in [0.2, 0.25) is 5.02 Å². The molecule has 3 aromatic carbocycles. The van der Waals surface area contributed by atoms with Gasteiger partial charge in [-0.2, -0.15) is 5.10 Å². The zero-order chi connectivity index (χ0) is 23.7. The third-order valence-electron chi connectivity index (χ3n) is 5.39. The van der Waals surface area contributed by atoms with Crippen LogP contribution >= 0.6 is 22.9 Å². The number of nitrogens with zero attached hydrogens (tertiary/aromatic N) is 3. The average molecular weight is 489 g/mol. The molecule has 168 valence electrons. The Bertz CT molecular complexity index is 1570. The van der Waals surface area contributed by atoms with Gasteiger partial charge in [-0.25, -0.2) is 5.43 Å². The van der Waals surface area contributed by atoms with E-state index >= 15 is 0 Å². The van der Waals surface area contributed by atoms with E-state index in [1.807, 2.05) is 54.7 Å². The van der Waals surface area contributed by atoms with Crippen LogP contribution in [0, 0.1) is 10.1 Å². The van der Waals surface area contributed by atoms with Crippen molar-refractivity contribution >= 4 is 61.7 Å². The number of thiophene rings is 1. The summed E-state index contributed by atoms with van der Waals surface area (Å²) < 4.78 is 2.92. The fourth-order valence-corrected chi connectivity index (χ4v) is 4.83. The molecule has 0 aliphatic heterocycles. The van der Waals surface area contributed by atoms with Gasteiger partial charge < -0.3 is 4.57 Å². The second kappa shape index (κ2) is 9.09. The molecule has 5 aromatic rings. The lowest BCUT2D eigenvalue weighted by Crippen LogP contribution is -2.16. The third-order valence-corrected chi connectivity index (χ3v) is 6.76. The van der Waals surface area contributed by atoms with Crippen LogP contribution in [0.25, 0.3) is 21.0 Å². The Balaban J connectivity index is 1.36. The van der Waals surface area contributed by atoms with Crippen molar-refractivity contribution < 1.29 is 9.72 Å². The Labute approximate surface area is 203 Å². The summed E-state index contributed by atoms with van der Waals surface area (Å²) in [7, 11) is 0. The molecule has 0 spiro atoms. The van der Waals surface area contributed by atoms with Crippen LogP contribution in [0.4, 0.5) is 5.69 Å². The van der Waals surface area contributed by atoms with Crippen LogP contribution < -0.4 is 5.43 Å². The number of carbonyl (C=O) groups excluding carboxylic acids is 1. The van der Waals surface area contributed by atoms with Gasteiger partial charge in [-0.05, 0) is 35.9 Å². The van der Waals surface area contributed by atoms with Crippen LogP contribution in [0.1, 0.15) is 20.8 Å². The van der Waals surface area contributed by atoms with E-state index < -0.39 is 4.92 Å². The molecule has 0 atom stereocenters. The molecule has 0 fully saturated rings. The van der Waals surface area contributed by atoms with E-state index in [0.29, 0.717) is 21.8 Å². The van der Waals surface area contributed by atoms with Gasteiger partial charge in [0.15, 0.2) is 0 Å². The van der Waals surface area contributed by atoms with Crippen molar-refractivity contribution in [3.8, 4) is 0 Å². The molecule has 0 aliphatic rings. The number of nitrogens with one attached hydrogen (secondary N) is 1. The summed E-state index contributed by atoms with van der Waals surface area (Å²) in [5.41, 5.74) is 5.59. The number of halogens is 1. The van der Waals surface area contributed by atoms with Crippen molar-refractivity contribution in [2.45, 2.75) is 6.54 Å².